The van der Waals surface area contributed by atoms with Gasteiger partial charge in [-0.1, -0.05) is 29.7 Å². The van der Waals surface area contributed by atoms with E-state index in [1.807, 2.05) is 0 Å². The van der Waals surface area contributed by atoms with E-state index < -0.39 is 31.6 Å². The molecule has 0 amide bonds. The minimum atomic E-state index is -4.16. The lowest BCUT2D eigenvalue weighted by Crippen LogP contribution is -2.17. The van der Waals surface area contributed by atoms with E-state index in [-0.39, 0.29) is 25.6 Å². The minimum Gasteiger partial charge on any atom is -0.336 e. The van der Waals surface area contributed by atoms with Crippen molar-refractivity contribution in [2.45, 2.75) is 36.5 Å². The second-order valence-corrected chi connectivity index (χ2v) is 12.0. The van der Waals surface area contributed by atoms with Gasteiger partial charge in [0.15, 0.2) is 15.6 Å². The van der Waals surface area contributed by atoms with Crippen LogP contribution in [0.2, 0.25) is 5.02 Å². The monoisotopic (exact) mass is 502 g/mol. The number of hydrogen-bond donors (Lipinski definition) is 1. The Kier molecular flexibility index (Phi) is 6.34. The molecule has 0 spiro atoms. The lowest BCUT2D eigenvalue weighted by Gasteiger charge is -2.15. The number of ketones is 1. The first-order valence-electron chi connectivity index (χ1n) is 8.90. The number of thiophene rings is 1. The van der Waals surface area contributed by atoms with Crippen LogP contribution in [0.3, 0.4) is 0 Å². The zero-order valence-electron chi connectivity index (χ0n) is 17.0. The van der Waals surface area contributed by atoms with E-state index >= 15 is 0 Å². The van der Waals surface area contributed by atoms with Gasteiger partial charge < -0.3 is 4.52 Å². The first-order valence-corrected chi connectivity index (χ1v) is 13.5. The summed E-state index contributed by atoms with van der Waals surface area (Å²) in [5.41, 5.74) is 1.55. The van der Waals surface area contributed by atoms with Crippen molar-refractivity contribution in [1.29, 1.82) is 0 Å². The number of nitrogens with one attached hydrogen (secondary N) is 1. The number of sulfone groups is 1. The summed E-state index contributed by atoms with van der Waals surface area (Å²) < 4.78 is 56.4. The number of anilines is 1. The molecule has 0 radical (unpaired) electrons. The van der Waals surface area contributed by atoms with Crippen LogP contribution in [0.15, 0.2) is 44.0 Å². The lowest BCUT2D eigenvalue weighted by molar-refractivity contribution is 0.0967. The first kappa shape index (κ1) is 23.5. The van der Waals surface area contributed by atoms with Gasteiger partial charge in [0.1, 0.15) is 15.6 Å². The maximum Gasteiger partial charge on any atom is 0.265 e. The van der Waals surface area contributed by atoms with Gasteiger partial charge >= 0.3 is 0 Å². The summed E-state index contributed by atoms with van der Waals surface area (Å²) in [6, 6.07) is 5.83. The summed E-state index contributed by atoms with van der Waals surface area (Å²) >= 11 is 6.98. The molecular weight excluding hydrogens is 484 g/mol. The van der Waals surface area contributed by atoms with Gasteiger partial charge in [-0.2, -0.15) is 0 Å². The van der Waals surface area contributed by atoms with Crippen molar-refractivity contribution >= 4 is 54.5 Å². The Bertz CT molecular complexity index is 1370. The van der Waals surface area contributed by atoms with Gasteiger partial charge in [0.2, 0.25) is 0 Å². The number of rotatable bonds is 7. The number of carbonyl (C=O) groups excluding carboxylic acids is 1. The Morgan fingerprint density at radius 3 is 2.42 bits per heavy atom. The molecule has 2 heterocycles. The summed E-state index contributed by atoms with van der Waals surface area (Å²) in [6.07, 6.45) is 1.11. The van der Waals surface area contributed by atoms with E-state index in [1.54, 1.807) is 26.8 Å². The Morgan fingerprint density at radius 2 is 1.87 bits per heavy atom. The lowest BCUT2D eigenvalue weighted by atomic mass is 9.92. The maximum atomic E-state index is 13.2. The van der Waals surface area contributed by atoms with Crippen LogP contribution >= 0.6 is 22.9 Å². The van der Waals surface area contributed by atoms with Crippen molar-refractivity contribution in [1.82, 2.24) is 5.16 Å². The summed E-state index contributed by atoms with van der Waals surface area (Å²) in [4.78, 5) is 13.2. The molecule has 12 heteroatoms. The fraction of sp³-hybridized carbons (Fsp3) is 0.263. The molecule has 3 aromatic rings. The van der Waals surface area contributed by atoms with Crippen molar-refractivity contribution in [3.63, 3.8) is 0 Å². The number of aromatic nitrogens is 1. The van der Waals surface area contributed by atoms with Gasteiger partial charge in [0, 0.05) is 12.2 Å². The predicted molar refractivity (Wildman–Crippen MR) is 118 cm³/mol. The molecule has 0 aliphatic heterocycles. The highest BCUT2D eigenvalue weighted by molar-refractivity contribution is 7.93. The second kappa shape index (κ2) is 8.38. The summed E-state index contributed by atoms with van der Waals surface area (Å²) in [6.45, 7) is 4.91. The molecule has 1 aromatic carbocycles. The number of halogens is 1. The van der Waals surface area contributed by atoms with Gasteiger partial charge in [-0.3, -0.25) is 4.79 Å². The van der Waals surface area contributed by atoms with Crippen molar-refractivity contribution in [3.05, 3.63) is 56.4 Å². The average Bonchev–Trinajstić information content (AvgIpc) is 3.29. The van der Waals surface area contributed by atoms with E-state index in [2.05, 4.69) is 9.88 Å². The molecule has 1 unspecified atom stereocenters. The molecule has 31 heavy (non-hydrogen) atoms. The van der Waals surface area contributed by atoms with Gasteiger partial charge in [-0.25, -0.2) is 21.6 Å². The molecule has 3 rings (SSSR count). The highest BCUT2D eigenvalue weighted by Crippen LogP contribution is 2.33. The fourth-order valence-electron chi connectivity index (χ4n) is 2.99. The van der Waals surface area contributed by atoms with Crippen LogP contribution in [0, 0.1) is 13.8 Å². The van der Waals surface area contributed by atoms with E-state index in [4.69, 9.17) is 16.1 Å². The van der Waals surface area contributed by atoms with Crippen molar-refractivity contribution in [2.24, 2.45) is 0 Å². The first-order chi connectivity index (χ1) is 14.3. The molecule has 166 valence electrons. The number of hydrogen-bond acceptors (Lipinski definition) is 8. The van der Waals surface area contributed by atoms with Crippen molar-refractivity contribution in [3.8, 4) is 0 Å². The van der Waals surface area contributed by atoms with E-state index in [0.717, 1.165) is 17.6 Å². The van der Waals surface area contributed by atoms with Crippen molar-refractivity contribution in [2.75, 3.05) is 11.0 Å². The second-order valence-electron chi connectivity index (χ2n) is 7.01. The number of aryl methyl sites for hydroxylation is 2. The third-order valence-electron chi connectivity index (χ3n) is 4.69. The zero-order chi connectivity index (χ0) is 23.1. The summed E-state index contributed by atoms with van der Waals surface area (Å²) in [5.74, 6) is -1.34. The molecule has 2 aromatic heterocycles. The van der Waals surface area contributed by atoms with Crippen LogP contribution in [0.1, 0.15) is 39.3 Å². The summed E-state index contributed by atoms with van der Waals surface area (Å²) in [5, 5.41) is 5.13. The largest absolute Gasteiger partial charge is 0.336 e. The average molecular weight is 503 g/mol. The number of Topliss-reactive ketones (excluding diaryl/α,β-unsaturated/α-hetero) is 1. The maximum absolute atomic E-state index is 13.2. The van der Waals surface area contributed by atoms with Gasteiger partial charge in [0.05, 0.1) is 9.77 Å². The standard InChI is InChI=1S/C19H19ClN2O6S3/c1-10-9-13(30(4,24)25)5-6-14(10)11(2)17(23)18-15(7-8-29-18)31(26,27)22-19-16(20)12(3)21-28-19/h5-9,11,22H,1-4H3. The third kappa shape index (κ3) is 4.69. The summed E-state index contributed by atoms with van der Waals surface area (Å²) in [7, 11) is -7.55. The van der Waals surface area contributed by atoms with Crippen LogP contribution < -0.4 is 4.72 Å². The Morgan fingerprint density at radius 1 is 1.19 bits per heavy atom. The smallest absolute Gasteiger partial charge is 0.265 e. The van der Waals surface area contributed by atoms with Gasteiger partial charge in [0.25, 0.3) is 15.9 Å². The van der Waals surface area contributed by atoms with Gasteiger partial charge in [-0.15, -0.1) is 11.3 Å². The topological polar surface area (TPSA) is 123 Å². The van der Waals surface area contributed by atoms with Crippen LogP contribution in [-0.2, 0) is 19.9 Å². The fourth-order valence-corrected chi connectivity index (χ4v) is 6.33. The molecule has 1 atom stereocenters. The van der Waals surface area contributed by atoms with Crippen LogP contribution in [-0.4, -0.2) is 34.0 Å². The van der Waals surface area contributed by atoms with Crippen LogP contribution in [0.25, 0.3) is 0 Å². The Hall–Kier alpha value is -2.21. The number of sulfonamides is 1. The highest BCUT2D eigenvalue weighted by atomic mass is 35.5. The zero-order valence-corrected chi connectivity index (χ0v) is 20.2. The van der Waals surface area contributed by atoms with E-state index in [1.165, 1.54) is 23.6 Å². The van der Waals surface area contributed by atoms with Crippen LogP contribution in [0.4, 0.5) is 5.88 Å². The molecular formula is C19H19ClN2O6S3. The van der Waals surface area contributed by atoms with E-state index in [0.29, 0.717) is 16.8 Å². The molecule has 0 fully saturated rings. The van der Waals surface area contributed by atoms with Crippen molar-refractivity contribution < 1.29 is 26.2 Å². The number of benzene rings is 1. The highest BCUT2D eigenvalue weighted by Gasteiger charge is 2.30. The number of nitrogens with zero attached hydrogens (tertiary/aromatic N) is 1. The quantitative estimate of drug-likeness (QED) is 0.480. The predicted octanol–water partition coefficient (Wildman–Crippen LogP) is 4.20. The molecule has 8 nitrogen and oxygen atoms in total. The minimum absolute atomic E-state index is 0.0293. The Labute approximate surface area is 189 Å². The van der Waals surface area contributed by atoms with E-state index in [9.17, 15) is 21.6 Å². The molecule has 0 saturated heterocycles. The molecule has 0 aliphatic rings. The normalized spacial score (nSPS) is 13.2. The molecule has 1 N–H and O–H groups in total. The Balaban J connectivity index is 1.94. The van der Waals surface area contributed by atoms with Gasteiger partial charge in [-0.05, 0) is 48.6 Å². The SMILES string of the molecule is Cc1cc(S(C)(=O)=O)ccc1C(C)C(=O)c1sccc1S(=O)(=O)Nc1onc(C)c1Cl. The molecule has 0 aliphatic carbocycles. The van der Waals surface area contributed by atoms with Crippen LogP contribution in [0.5, 0.6) is 0 Å². The third-order valence-corrected chi connectivity index (χ3v) is 8.68. The molecule has 0 bridgehead atoms. The number of carbonyl (C=O) groups is 1. The molecule has 0 saturated carbocycles.